The minimum Gasteiger partial charge on any atom is -0.466 e. The van der Waals surface area contributed by atoms with Gasteiger partial charge in [-0.05, 0) is 30.5 Å². The molecule has 0 saturated heterocycles. The van der Waals surface area contributed by atoms with Crippen LogP contribution >= 0.6 is 0 Å². The number of rotatable bonds is 15. The summed E-state index contributed by atoms with van der Waals surface area (Å²) in [6.45, 7) is 4.72. The van der Waals surface area contributed by atoms with E-state index < -0.39 is 5.97 Å². The van der Waals surface area contributed by atoms with E-state index in [0.29, 0.717) is 12.4 Å². The van der Waals surface area contributed by atoms with Crippen molar-refractivity contribution in [3.05, 3.63) is 29.8 Å². The van der Waals surface area contributed by atoms with Gasteiger partial charge in [0.2, 0.25) is 0 Å². The minimum absolute atomic E-state index is 0.0486. The maximum absolute atomic E-state index is 11.8. The predicted octanol–water partition coefficient (Wildman–Crippen LogP) is 6.01. The van der Waals surface area contributed by atoms with E-state index >= 15 is 0 Å². The summed E-state index contributed by atoms with van der Waals surface area (Å²) >= 11 is 0. The van der Waals surface area contributed by atoms with Crippen molar-refractivity contribution >= 4 is 11.9 Å². The van der Waals surface area contributed by atoms with Crippen LogP contribution in [0.5, 0.6) is 5.75 Å². The lowest BCUT2D eigenvalue weighted by Crippen LogP contribution is -2.13. The number of carbonyl (C=O) groups excluding carboxylic acids is 2. The van der Waals surface area contributed by atoms with Gasteiger partial charge in [0.15, 0.2) is 0 Å². The summed E-state index contributed by atoms with van der Waals surface area (Å²) in [7, 11) is 0. The van der Waals surface area contributed by atoms with E-state index in [-0.39, 0.29) is 18.8 Å². The molecule has 0 aliphatic carbocycles. The van der Waals surface area contributed by atoms with Gasteiger partial charge in [0, 0.05) is 0 Å². The van der Waals surface area contributed by atoms with Gasteiger partial charge in [0.05, 0.1) is 19.4 Å². The number of aryl methyl sites for hydroxylation is 1. The molecule has 1 aromatic rings. The molecular formula is C23H36O4. The maximum atomic E-state index is 11.8. The Kier molecular flexibility index (Phi) is 13.1. The van der Waals surface area contributed by atoms with Gasteiger partial charge in [0.1, 0.15) is 5.75 Å². The Labute approximate surface area is 164 Å². The first kappa shape index (κ1) is 23.2. The third kappa shape index (κ3) is 12.2. The lowest BCUT2D eigenvalue weighted by Gasteiger charge is -2.07. The van der Waals surface area contributed by atoms with Crippen LogP contribution < -0.4 is 4.74 Å². The van der Waals surface area contributed by atoms with Crippen LogP contribution in [-0.2, 0) is 20.7 Å². The Balaban J connectivity index is 2.01. The average Bonchev–Trinajstić information content (AvgIpc) is 2.68. The topological polar surface area (TPSA) is 52.6 Å². The molecule has 4 heteroatoms. The van der Waals surface area contributed by atoms with Crippen LogP contribution in [0.1, 0.15) is 90.0 Å². The number of benzene rings is 1. The monoisotopic (exact) mass is 376 g/mol. The lowest BCUT2D eigenvalue weighted by atomic mass is 10.1. The quantitative estimate of drug-likeness (QED) is 0.214. The maximum Gasteiger partial charge on any atom is 0.311 e. The first-order valence-corrected chi connectivity index (χ1v) is 10.6. The van der Waals surface area contributed by atoms with Crippen molar-refractivity contribution in [1.29, 1.82) is 0 Å². The second-order valence-electron chi connectivity index (χ2n) is 7.02. The fourth-order valence-electron chi connectivity index (χ4n) is 2.89. The van der Waals surface area contributed by atoms with E-state index in [0.717, 1.165) is 24.8 Å². The molecule has 4 nitrogen and oxygen atoms in total. The van der Waals surface area contributed by atoms with Crippen molar-refractivity contribution in [2.24, 2.45) is 0 Å². The molecule has 0 spiro atoms. The molecule has 0 unspecified atom stereocenters. The zero-order chi connectivity index (χ0) is 19.7. The molecule has 0 heterocycles. The summed E-state index contributed by atoms with van der Waals surface area (Å²) in [5.74, 6) is -0.195. The van der Waals surface area contributed by atoms with Crippen molar-refractivity contribution < 1.29 is 19.1 Å². The number of esters is 2. The number of hydrogen-bond donors (Lipinski definition) is 0. The summed E-state index contributed by atoms with van der Waals surface area (Å²) in [6, 6.07) is 7.45. The number of carbonyl (C=O) groups is 2. The van der Waals surface area contributed by atoms with E-state index in [1.165, 1.54) is 44.9 Å². The Morgan fingerprint density at radius 1 is 0.815 bits per heavy atom. The number of unbranched alkanes of at least 4 members (excludes halogenated alkanes) is 8. The molecule has 0 bridgehead atoms. The van der Waals surface area contributed by atoms with Crippen LogP contribution in [0.4, 0.5) is 0 Å². The van der Waals surface area contributed by atoms with E-state index in [4.69, 9.17) is 9.47 Å². The van der Waals surface area contributed by atoms with Crippen LogP contribution in [0.15, 0.2) is 24.3 Å². The molecule has 0 aliphatic rings. The molecule has 0 atom stereocenters. The van der Waals surface area contributed by atoms with E-state index in [9.17, 15) is 9.59 Å². The van der Waals surface area contributed by atoms with Crippen molar-refractivity contribution in [3.8, 4) is 5.75 Å². The molecule has 0 N–H and O–H groups in total. The number of ether oxygens (including phenoxy) is 2. The summed E-state index contributed by atoms with van der Waals surface area (Å²) in [5, 5.41) is 0. The van der Waals surface area contributed by atoms with Crippen LogP contribution in [0, 0.1) is 0 Å². The highest BCUT2D eigenvalue weighted by molar-refractivity contribution is 5.79. The third-order valence-electron chi connectivity index (χ3n) is 4.58. The molecule has 1 rings (SSSR count). The Bertz CT molecular complexity index is 539. The normalized spacial score (nSPS) is 10.6. The Hall–Kier alpha value is -1.84. The lowest BCUT2D eigenvalue weighted by molar-refractivity contribution is -0.147. The van der Waals surface area contributed by atoms with Gasteiger partial charge in [-0.25, -0.2) is 0 Å². The van der Waals surface area contributed by atoms with Gasteiger partial charge in [-0.1, -0.05) is 77.3 Å². The van der Waals surface area contributed by atoms with E-state index in [1.807, 2.05) is 25.1 Å². The van der Waals surface area contributed by atoms with Crippen molar-refractivity contribution in [2.75, 3.05) is 6.61 Å². The molecule has 0 amide bonds. The standard InChI is InChI=1S/C23H36O4/c1-3-5-6-7-8-9-10-11-12-18-26-22(24)16-17-23(25)27-21-15-13-14-20(4-2)19-21/h13-15,19H,3-12,16-18H2,1-2H3. The third-order valence-corrected chi connectivity index (χ3v) is 4.58. The SMILES string of the molecule is CCCCCCCCCCCOC(=O)CCC(=O)Oc1cccc(CC)c1. The summed E-state index contributed by atoms with van der Waals surface area (Å²) in [4.78, 5) is 23.5. The molecule has 0 radical (unpaired) electrons. The van der Waals surface area contributed by atoms with Gasteiger partial charge in [0.25, 0.3) is 0 Å². The predicted molar refractivity (Wildman–Crippen MR) is 109 cm³/mol. The molecule has 0 aromatic heterocycles. The zero-order valence-electron chi connectivity index (χ0n) is 17.1. The molecular weight excluding hydrogens is 340 g/mol. The van der Waals surface area contributed by atoms with Gasteiger partial charge in [-0.15, -0.1) is 0 Å². The summed E-state index contributed by atoms with van der Waals surface area (Å²) < 4.78 is 10.5. The summed E-state index contributed by atoms with van der Waals surface area (Å²) in [5.41, 5.74) is 1.11. The van der Waals surface area contributed by atoms with Crippen molar-refractivity contribution in [3.63, 3.8) is 0 Å². The van der Waals surface area contributed by atoms with Crippen molar-refractivity contribution in [2.45, 2.75) is 90.9 Å². The van der Waals surface area contributed by atoms with Gasteiger partial charge < -0.3 is 9.47 Å². The zero-order valence-corrected chi connectivity index (χ0v) is 17.1. The highest BCUT2D eigenvalue weighted by atomic mass is 16.5. The minimum atomic E-state index is -0.400. The fourth-order valence-corrected chi connectivity index (χ4v) is 2.89. The largest absolute Gasteiger partial charge is 0.466 e. The van der Waals surface area contributed by atoms with Gasteiger partial charge in [-0.2, -0.15) is 0 Å². The van der Waals surface area contributed by atoms with E-state index in [2.05, 4.69) is 6.92 Å². The fraction of sp³-hybridized carbons (Fsp3) is 0.652. The number of hydrogen-bond acceptors (Lipinski definition) is 4. The highest BCUT2D eigenvalue weighted by Crippen LogP contribution is 2.15. The van der Waals surface area contributed by atoms with E-state index in [1.54, 1.807) is 6.07 Å². The molecule has 27 heavy (non-hydrogen) atoms. The van der Waals surface area contributed by atoms with Crippen LogP contribution in [0.25, 0.3) is 0 Å². The second-order valence-corrected chi connectivity index (χ2v) is 7.02. The van der Waals surface area contributed by atoms with Crippen molar-refractivity contribution in [1.82, 2.24) is 0 Å². The molecule has 0 aliphatic heterocycles. The molecule has 152 valence electrons. The first-order chi connectivity index (χ1) is 13.2. The first-order valence-electron chi connectivity index (χ1n) is 10.6. The Morgan fingerprint density at radius 3 is 2.11 bits per heavy atom. The summed E-state index contributed by atoms with van der Waals surface area (Å²) in [6.07, 6.45) is 12.1. The highest BCUT2D eigenvalue weighted by Gasteiger charge is 2.10. The van der Waals surface area contributed by atoms with Crippen LogP contribution in [-0.4, -0.2) is 18.5 Å². The van der Waals surface area contributed by atoms with Crippen LogP contribution in [0.2, 0.25) is 0 Å². The van der Waals surface area contributed by atoms with Crippen LogP contribution in [0.3, 0.4) is 0 Å². The second kappa shape index (κ2) is 15.2. The smallest absolute Gasteiger partial charge is 0.311 e. The van der Waals surface area contributed by atoms with Gasteiger partial charge >= 0.3 is 11.9 Å². The molecule has 1 aromatic carbocycles. The Morgan fingerprint density at radius 2 is 1.44 bits per heavy atom. The van der Waals surface area contributed by atoms with Gasteiger partial charge in [-0.3, -0.25) is 9.59 Å². The average molecular weight is 377 g/mol. The molecule has 0 saturated carbocycles. The molecule has 0 fully saturated rings.